The van der Waals surface area contributed by atoms with Crippen molar-refractivity contribution in [2.24, 2.45) is 0 Å². The lowest BCUT2D eigenvalue weighted by Gasteiger charge is -2.10. The second-order valence-corrected chi connectivity index (χ2v) is 7.52. The van der Waals surface area contributed by atoms with Crippen LogP contribution in [-0.2, 0) is 6.18 Å². The molecule has 0 atom stereocenters. The molecule has 174 valence electrons. The molecule has 2 aromatic carbocycles. The van der Waals surface area contributed by atoms with E-state index >= 15 is 0 Å². The first-order chi connectivity index (χ1) is 16.2. The number of pyridine rings is 1. The van der Waals surface area contributed by atoms with Crippen LogP contribution >= 0.6 is 11.6 Å². The van der Waals surface area contributed by atoms with Gasteiger partial charge in [-0.3, -0.25) is 14.6 Å². The number of fused-ring (bicyclic) bond motifs is 1. The van der Waals surface area contributed by atoms with Gasteiger partial charge in [0, 0.05) is 42.1 Å². The minimum atomic E-state index is -4.65. The quantitative estimate of drug-likeness (QED) is 0.339. The van der Waals surface area contributed by atoms with E-state index in [0.717, 1.165) is 12.1 Å². The molecule has 0 aliphatic heterocycles. The molecule has 4 aromatic rings. The molecule has 2 heterocycles. The van der Waals surface area contributed by atoms with Crippen LogP contribution in [-0.4, -0.2) is 28.8 Å². The molecule has 0 aliphatic carbocycles. The van der Waals surface area contributed by atoms with Gasteiger partial charge in [0.15, 0.2) is 0 Å². The smallest absolute Gasteiger partial charge is 0.417 e. The van der Waals surface area contributed by atoms with Crippen molar-refractivity contribution in [3.05, 3.63) is 82.8 Å². The van der Waals surface area contributed by atoms with Crippen molar-refractivity contribution < 1.29 is 27.5 Å². The molecule has 0 spiro atoms. The average molecular weight is 489 g/mol. The molecule has 0 aliphatic rings. The molecule has 2 amide bonds. The number of hydrogen-bond acceptors (Lipinski definition) is 4. The lowest BCUT2D eigenvalue weighted by Crippen LogP contribution is -2.18. The molecule has 0 radical (unpaired) electrons. The van der Waals surface area contributed by atoms with Gasteiger partial charge in [-0.25, -0.2) is 0 Å². The van der Waals surface area contributed by atoms with Gasteiger partial charge in [-0.15, -0.1) is 0 Å². The van der Waals surface area contributed by atoms with E-state index in [1.165, 1.54) is 25.5 Å². The third-order valence-corrected chi connectivity index (χ3v) is 5.17. The highest BCUT2D eigenvalue weighted by atomic mass is 35.5. The van der Waals surface area contributed by atoms with Crippen molar-refractivity contribution in [1.29, 1.82) is 0 Å². The van der Waals surface area contributed by atoms with Crippen LogP contribution in [0.25, 0.3) is 10.9 Å². The molecule has 7 nitrogen and oxygen atoms in total. The van der Waals surface area contributed by atoms with E-state index in [1.54, 1.807) is 30.3 Å². The second-order valence-electron chi connectivity index (χ2n) is 7.11. The zero-order valence-corrected chi connectivity index (χ0v) is 18.2. The molecule has 2 aromatic heterocycles. The lowest BCUT2D eigenvalue weighted by atomic mass is 10.1. The summed E-state index contributed by atoms with van der Waals surface area (Å²) in [5, 5.41) is 4.75. The maximum absolute atomic E-state index is 13.2. The normalized spacial score (nSPS) is 11.3. The number of nitrogens with one attached hydrogen (secondary N) is 3. The summed E-state index contributed by atoms with van der Waals surface area (Å²) in [7, 11) is 1.49. The van der Waals surface area contributed by atoms with Crippen molar-refractivity contribution in [1.82, 2.24) is 15.3 Å². The number of aromatic amines is 1. The molecule has 0 bridgehead atoms. The summed E-state index contributed by atoms with van der Waals surface area (Å²) < 4.78 is 45.3. The number of carbonyl (C=O) groups is 2. The Bertz CT molecular complexity index is 1380. The molecule has 0 unspecified atom stereocenters. The van der Waals surface area contributed by atoms with Crippen molar-refractivity contribution in [3.8, 4) is 11.5 Å². The fourth-order valence-corrected chi connectivity index (χ4v) is 3.49. The molecular formula is C23H16ClF3N4O3. The van der Waals surface area contributed by atoms with Crippen LogP contribution in [0.15, 0.2) is 60.9 Å². The Kier molecular flexibility index (Phi) is 6.16. The van der Waals surface area contributed by atoms with E-state index in [2.05, 4.69) is 20.6 Å². The van der Waals surface area contributed by atoms with Crippen LogP contribution in [0.2, 0.25) is 5.02 Å². The van der Waals surface area contributed by atoms with E-state index < -0.39 is 22.7 Å². The number of rotatable bonds is 5. The van der Waals surface area contributed by atoms with E-state index in [4.69, 9.17) is 16.3 Å². The van der Waals surface area contributed by atoms with E-state index in [9.17, 15) is 22.8 Å². The Labute approximate surface area is 195 Å². The highest BCUT2D eigenvalue weighted by molar-refractivity contribution is 6.32. The van der Waals surface area contributed by atoms with Gasteiger partial charge in [-0.05, 0) is 42.5 Å². The van der Waals surface area contributed by atoms with Gasteiger partial charge in [0.1, 0.15) is 17.2 Å². The summed E-state index contributed by atoms with van der Waals surface area (Å²) in [6.07, 6.45) is -1.89. The van der Waals surface area contributed by atoms with Gasteiger partial charge < -0.3 is 20.4 Å². The molecule has 0 saturated carbocycles. The van der Waals surface area contributed by atoms with Crippen LogP contribution < -0.4 is 15.4 Å². The molecule has 0 saturated heterocycles. The zero-order chi connectivity index (χ0) is 24.5. The predicted octanol–water partition coefficient (Wildman–Crippen LogP) is 5.64. The number of anilines is 1. The van der Waals surface area contributed by atoms with Crippen molar-refractivity contribution in [2.75, 3.05) is 12.4 Å². The summed E-state index contributed by atoms with van der Waals surface area (Å²) in [6.45, 7) is 0. The Morgan fingerprint density at radius 3 is 2.44 bits per heavy atom. The molecule has 3 N–H and O–H groups in total. The topological polar surface area (TPSA) is 96.1 Å². The number of aromatic nitrogens is 2. The molecule has 0 fully saturated rings. The maximum Gasteiger partial charge on any atom is 0.417 e. The summed E-state index contributed by atoms with van der Waals surface area (Å²) in [4.78, 5) is 31.1. The number of benzene rings is 2. The number of hydrogen-bond donors (Lipinski definition) is 3. The maximum atomic E-state index is 13.2. The fraction of sp³-hybridized carbons (Fsp3) is 0.0870. The van der Waals surface area contributed by atoms with Gasteiger partial charge in [0.25, 0.3) is 11.8 Å². The number of halogens is 4. The standard InChI is InChI=1S/C23H16ClF3N4O3/c1-28-22(33)20-8-14(6-7-29-20)34-13-4-2-12(3-5-13)31-21(32)16-11-30-19-10-18(24)17(9-15(16)19)23(25,26)27/h2-11,30H,1H3,(H,28,33)(H,31,32). The van der Waals surface area contributed by atoms with Gasteiger partial charge in [-0.1, -0.05) is 11.6 Å². The monoisotopic (exact) mass is 488 g/mol. The van der Waals surface area contributed by atoms with Crippen molar-refractivity contribution in [2.45, 2.75) is 6.18 Å². The van der Waals surface area contributed by atoms with Crippen LogP contribution in [0.4, 0.5) is 18.9 Å². The van der Waals surface area contributed by atoms with E-state index in [-0.39, 0.29) is 22.6 Å². The third-order valence-electron chi connectivity index (χ3n) is 4.86. The van der Waals surface area contributed by atoms with Crippen LogP contribution in [0.3, 0.4) is 0 Å². The summed E-state index contributed by atoms with van der Waals surface area (Å²) in [5.41, 5.74) is -0.0843. The number of alkyl halides is 3. The van der Waals surface area contributed by atoms with Crippen LogP contribution in [0.1, 0.15) is 26.4 Å². The third kappa shape index (κ3) is 4.81. The molecular weight excluding hydrogens is 473 g/mol. The summed E-state index contributed by atoms with van der Waals surface area (Å²) >= 11 is 5.74. The Balaban J connectivity index is 1.50. The zero-order valence-electron chi connectivity index (χ0n) is 17.5. The van der Waals surface area contributed by atoms with Crippen LogP contribution in [0, 0.1) is 0 Å². The first-order valence-electron chi connectivity index (χ1n) is 9.81. The second kappa shape index (κ2) is 9.06. The SMILES string of the molecule is CNC(=O)c1cc(Oc2ccc(NC(=O)c3c[nH]c4cc(Cl)c(C(F)(F)F)cc34)cc2)ccn1. The Morgan fingerprint density at radius 2 is 1.76 bits per heavy atom. The molecule has 11 heteroatoms. The first kappa shape index (κ1) is 23.1. The van der Waals surface area contributed by atoms with Gasteiger partial charge in [0.2, 0.25) is 0 Å². The minimum absolute atomic E-state index is 0.0380. The van der Waals surface area contributed by atoms with Gasteiger partial charge >= 0.3 is 6.18 Å². The number of amides is 2. The highest BCUT2D eigenvalue weighted by Gasteiger charge is 2.34. The first-order valence-corrected chi connectivity index (χ1v) is 10.2. The van der Waals surface area contributed by atoms with Crippen molar-refractivity contribution >= 4 is 40.0 Å². The number of nitrogens with zero attached hydrogens (tertiary/aromatic N) is 1. The number of carbonyl (C=O) groups excluding carboxylic acids is 2. The number of H-pyrrole nitrogens is 1. The largest absolute Gasteiger partial charge is 0.457 e. The van der Waals surface area contributed by atoms with E-state index in [0.29, 0.717) is 22.7 Å². The minimum Gasteiger partial charge on any atom is -0.457 e. The molecule has 34 heavy (non-hydrogen) atoms. The fourth-order valence-electron chi connectivity index (χ4n) is 3.22. The number of ether oxygens (including phenoxy) is 1. The highest BCUT2D eigenvalue weighted by Crippen LogP contribution is 2.37. The summed E-state index contributed by atoms with van der Waals surface area (Å²) in [6, 6.07) is 11.4. The van der Waals surface area contributed by atoms with E-state index in [1.807, 2.05) is 0 Å². The predicted molar refractivity (Wildman–Crippen MR) is 120 cm³/mol. The molecule has 4 rings (SSSR count). The van der Waals surface area contributed by atoms with Gasteiger partial charge in [0.05, 0.1) is 16.1 Å². The summed E-state index contributed by atoms with van der Waals surface area (Å²) in [5.74, 6) is -0.128. The van der Waals surface area contributed by atoms with Gasteiger partial charge in [-0.2, -0.15) is 13.2 Å². The lowest BCUT2D eigenvalue weighted by molar-refractivity contribution is -0.137. The Hall–Kier alpha value is -4.05. The Morgan fingerprint density at radius 1 is 1.03 bits per heavy atom. The van der Waals surface area contributed by atoms with Crippen LogP contribution in [0.5, 0.6) is 11.5 Å². The van der Waals surface area contributed by atoms with Crippen molar-refractivity contribution in [3.63, 3.8) is 0 Å². The average Bonchev–Trinajstić information content (AvgIpc) is 3.21.